The minimum Gasteiger partial charge on any atom is -0.381 e. The minimum absolute atomic E-state index is 0.158. The van der Waals surface area contributed by atoms with Crippen LogP contribution in [0.1, 0.15) is 10.4 Å². The molecule has 3 N–H and O–H groups in total. The fraction of sp³-hybridized carbons (Fsp3) is 0.188. The highest BCUT2D eigenvalue weighted by molar-refractivity contribution is 14.1. The molecule has 2 aromatic carbocycles. The van der Waals surface area contributed by atoms with E-state index in [2.05, 4.69) is 10.2 Å². The zero-order valence-corrected chi connectivity index (χ0v) is 15.7. The maximum atomic E-state index is 14.0. The van der Waals surface area contributed by atoms with E-state index in [0.717, 1.165) is 6.07 Å². The van der Waals surface area contributed by atoms with Gasteiger partial charge in [-0.05, 0) is 46.9 Å². The van der Waals surface area contributed by atoms with Gasteiger partial charge in [-0.2, -0.15) is 13.2 Å². The van der Waals surface area contributed by atoms with Crippen LogP contribution in [0.25, 0.3) is 0 Å². The molecule has 2 rings (SSSR count). The van der Waals surface area contributed by atoms with Crippen molar-refractivity contribution in [2.45, 2.75) is 12.3 Å². The summed E-state index contributed by atoms with van der Waals surface area (Å²) >= 11 is 1.85. The maximum absolute atomic E-state index is 14.0. The first-order valence-electron chi connectivity index (χ1n) is 7.37. The number of hydrogen-bond donors (Lipinski definition) is 3. The Morgan fingerprint density at radius 1 is 1.07 bits per heavy atom. The molecule has 5 nitrogen and oxygen atoms in total. The lowest BCUT2D eigenvalue weighted by atomic mass is 10.1. The van der Waals surface area contributed by atoms with Crippen LogP contribution < -0.4 is 10.8 Å². The Morgan fingerprint density at radius 3 is 2.32 bits per heavy atom. The number of carbonyl (C=O) groups is 1. The predicted octanol–water partition coefficient (Wildman–Crippen LogP) is 4.04. The van der Waals surface area contributed by atoms with Crippen molar-refractivity contribution in [3.8, 4) is 0 Å². The Hall–Kier alpha value is -2.06. The number of hydrogen-bond acceptors (Lipinski definition) is 4. The van der Waals surface area contributed by atoms with Gasteiger partial charge in [-0.3, -0.25) is 9.63 Å². The number of nitrogens with one attached hydrogen (secondary N) is 2. The molecule has 12 heteroatoms. The molecule has 0 aliphatic heterocycles. The standard InChI is InChI=1S/C16H11F6IN2O3/c17-9-4-8(15(27)25-28-6-14(26)16(20,21)22)13(5-10(9)18)24-12-2-1-7(23)3-11(12)19/h1-5,14,24,26H,6H2,(H,25,27). The average molecular weight is 520 g/mol. The second-order valence-electron chi connectivity index (χ2n) is 5.36. The zero-order valence-electron chi connectivity index (χ0n) is 13.6. The van der Waals surface area contributed by atoms with Gasteiger partial charge in [0, 0.05) is 9.64 Å². The van der Waals surface area contributed by atoms with Gasteiger partial charge in [0.2, 0.25) is 0 Å². The Bertz CT molecular complexity index is 878. The van der Waals surface area contributed by atoms with E-state index in [0.29, 0.717) is 15.7 Å². The second kappa shape index (κ2) is 8.96. The Kier molecular flexibility index (Phi) is 7.11. The van der Waals surface area contributed by atoms with E-state index in [9.17, 15) is 31.1 Å². The molecule has 0 saturated carbocycles. The van der Waals surface area contributed by atoms with Crippen LogP contribution in [-0.4, -0.2) is 29.9 Å². The molecular formula is C16H11F6IN2O3. The Morgan fingerprint density at radius 2 is 1.71 bits per heavy atom. The van der Waals surface area contributed by atoms with Crippen molar-refractivity contribution >= 4 is 39.9 Å². The molecule has 0 aliphatic carbocycles. The summed E-state index contributed by atoms with van der Waals surface area (Å²) in [7, 11) is 0. The maximum Gasteiger partial charge on any atom is 0.416 e. The van der Waals surface area contributed by atoms with Crippen molar-refractivity contribution < 1.29 is 41.1 Å². The van der Waals surface area contributed by atoms with Crippen LogP contribution >= 0.6 is 22.6 Å². The molecule has 1 atom stereocenters. The van der Waals surface area contributed by atoms with Gasteiger partial charge in [0.1, 0.15) is 12.4 Å². The fourth-order valence-electron chi connectivity index (χ4n) is 1.91. The first-order valence-corrected chi connectivity index (χ1v) is 8.45. The first kappa shape index (κ1) is 22.2. The summed E-state index contributed by atoms with van der Waals surface area (Å²) < 4.78 is 78.1. The third-order valence-electron chi connectivity index (χ3n) is 3.29. The van der Waals surface area contributed by atoms with E-state index in [1.165, 1.54) is 12.1 Å². The summed E-state index contributed by atoms with van der Waals surface area (Å²) in [5.74, 6) is -4.76. The number of hydroxylamine groups is 1. The summed E-state index contributed by atoms with van der Waals surface area (Å²) in [5, 5.41) is 11.2. The Labute approximate surface area is 167 Å². The molecule has 0 bridgehead atoms. The van der Waals surface area contributed by atoms with E-state index in [-0.39, 0.29) is 11.4 Å². The van der Waals surface area contributed by atoms with Crippen LogP contribution in [0, 0.1) is 21.0 Å². The van der Waals surface area contributed by atoms with Crippen molar-refractivity contribution in [1.29, 1.82) is 0 Å². The first-order chi connectivity index (χ1) is 13.0. The number of aliphatic hydroxyl groups is 1. The lowest BCUT2D eigenvalue weighted by Crippen LogP contribution is -2.36. The average Bonchev–Trinajstić information content (AvgIpc) is 2.59. The smallest absolute Gasteiger partial charge is 0.381 e. The third-order valence-corrected chi connectivity index (χ3v) is 3.96. The van der Waals surface area contributed by atoms with E-state index in [4.69, 9.17) is 5.11 Å². The number of amides is 1. The van der Waals surface area contributed by atoms with Crippen molar-refractivity contribution in [2.75, 3.05) is 11.9 Å². The van der Waals surface area contributed by atoms with Gasteiger partial charge < -0.3 is 10.4 Å². The van der Waals surface area contributed by atoms with Crippen molar-refractivity contribution in [3.05, 3.63) is 56.9 Å². The molecule has 1 amide bonds. The van der Waals surface area contributed by atoms with Gasteiger partial charge >= 0.3 is 6.18 Å². The summed E-state index contributed by atoms with van der Waals surface area (Å²) in [4.78, 5) is 16.3. The van der Waals surface area contributed by atoms with Gasteiger partial charge in [-0.15, -0.1) is 0 Å². The molecular weight excluding hydrogens is 509 g/mol. The third kappa shape index (κ3) is 5.72. The van der Waals surface area contributed by atoms with Gasteiger partial charge in [0.05, 0.1) is 16.9 Å². The van der Waals surface area contributed by atoms with Crippen LogP contribution in [0.2, 0.25) is 0 Å². The van der Waals surface area contributed by atoms with Gasteiger partial charge in [-0.1, -0.05) is 0 Å². The molecule has 0 radical (unpaired) electrons. The van der Waals surface area contributed by atoms with E-state index in [1.54, 1.807) is 5.48 Å². The summed E-state index contributed by atoms with van der Waals surface area (Å²) in [6.07, 6.45) is -7.84. The molecule has 2 aromatic rings. The number of rotatable bonds is 6. The van der Waals surface area contributed by atoms with Crippen molar-refractivity contribution in [3.63, 3.8) is 0 Å². The van der Waals surface area contributed by atoms with Crippen LogP contribution in [0.3, 0.4) is 0 Å². The quantitative estimate of drug-likeness (QED) is 0.306. The largest absolute Gasteiger partial charge is 0.416 e. The van der Waals surface area contributed by atoms with Crippen molar-refractivity contribution in [2.24, 2.45) is 0 Å². The fourth-order valence-corrected chi connectivity index (χ4v) is 2.36. The monoisotopic (exact) mass is 520 g/mol. The number of aliphatic hydroxyl groups excluding tert-OH is 1. The lowest BCUT2D eigenvalue weighted by Gasteiger charge is -2.16. The number of benzene rings is 2. The molecule has 0 aromatic heterocycles. The lowest BCUT2D eigenvalue weighted by molar-refractivity contribution is -0.221. The second-order valence-corrected chi connectivity index (χ2v) is 6.61. The normalized spacial score (nSPS) is 12.6. The SMILES string of the molecule is O=C(NOCC(O)C(F)(F)F)c1cc(F)c(F)cc1Nc1ccc(I)cc1F. The van der Waals surface area contributed by atoms with E-state index < -0.39 is 47.8 Å². The summed E-state index contributed by atoms with van der Waals surface area (Å²) in [6.45, 7) is -1.33. The highest BCUT2D eigenvalue weighted by Gasteiger charge is 2.38. The van der Waals surface area contributed by atoms with Gasteiger partial charge in [0.25, 0.3) is 5.91 Å². The highest BCUT2D eigenvalue weighted by Crippen LogP contribution is 2.27. The molecule has 1 unspecified atom stereocenters. The van der Waals surface area contributed by atoms with E-state index in [1.807, 2.05) is 22.6 Å². The predicted molar refractivity (Wildman–Crippen MR) is 94.2 cm³/mol. The van der Waals surface area contributed by atoms with Gasteiger partial charge in [-0.25, -0.2) is 18.7 Å². The Balaban J connectivity index is 2.21. The van der Waals surface area contributed by atoms with Gasteiger partial charge in [0.15, 0.2) is 17.7 Å². The molecule has 0 fully saturated rings. The number of halogens is 7. The van der Waals surface area contributed by atoms with Crippen LogP contribution in [0.15, 0.2) is 30.3 Å². The number of anilines is 2. The van der Waals surface area contributed by atoms with E-state index >= 15 is 0 Å². The molecule has 152 valence electrons. The molecule has 0 aliphatic rings. The van der Waals surface area contributed by atoms with Crippen LogP contribution in [0.5, 0.6) is 0 Å². The number of alkyl halides is 3. The topological polar surface area (TPSA) is 70.6 Å². The molecule has 0 spiro atoms. The zero-order chi connectivity index (χ0) is 21.1. The number of carbonyl (C=O) groups excluding carboxylic acids is 1. The van der Waals surface area contributed by atoms with Crippen LogP contribution in [-0.2, 0) is 4.84 Å². The molecule has 0 saturated heterocycles. The summed E-state index contributed by atoms with van der Waals surface area (Å²) in [5.41, 5.74) is 0.482. The van der Waals surface area contributed by atoms with Crippen molar-refractivity contribution in [1.82, 2.24) is 5.48 Å². The summed E-state index contributed by atoms with van der Waals surface area (Å²) in [6, 6.07) is 4.97. The molecule has 0 heterocycles. The highest BCUT2D eigenvalue weighted by atomic mass is 127. The van der Waals surface area contributed by atoms with Crippen LogP contribution in [0.4, 0.5) is 37.7 Å². The molecule has 28 heavy (non-hydrogen) atoms. The minimum atomic E-state index is -4.97.